The molecule has 1 aliphatic rings. The first-order valence-electron chi connectivity index (χ1n) is 5.78. The van der Waals surface area contributed by atoms with E-state index in [2.05, 4.69) is 11.3 Å². The van der Waals surface area contributed by atoms with Gasteiger partial charge in [0.25, 0.3) is 0 Å². The van der Waals surface area contributed by atoms with Gasteiger partial charge in [0, 0.05) is 12.5 Å². The first kappa shape index (κ1) is 11.6. The van der Waals surface area contributed by atoms with E-state index in [1.54, 1.807) is 0 Å². The predicted octanol–water partition coefficient (Wildman–Crippen LogP) is 2.20. The van der Waals surface area contributed by atoms with E-state index in [0.29, 0.717) is 6.04 Å². The molecule has 0 bridgehead atoms. The van der Waals surface area contributed by atoms with E-state index in [1.807, 2.05) is 0 Å². The Kier molecular flexibility index (Phi) is 5.66. The van der Waals surface area contributed by atoms with E-state index in [9.17, 15) is 0 Å². The van der Waals surface area contributed by atoms with Gasteiger partial charge < -0.3 is 0 Å². The van der Waals surface area contributed by atoms with Crippen LogP contribution in [0.5, 0.6) is 0 Å². The molecule has 1 aliphatic carbocycles. The molecule has 1 rings (SSSR count). The summed E-state index contributed by atoms with van der Waals surface area (Å²) in [6.07, 6.45) is 15.2. The standard InChI is InChI=1S/C12H22N2/c1-2-3-5-10-12(14-13)11-8-6-4-7-9-11/h1,11-12,14H,3-10,13H2. The Morgan fingerprint density at radius 1 is 1.36 bits per heavy atom. The second-order valence-electron chi connectivity index (χ2n) is 4.27. The predicted molar refractivity (Wildman–Crippen MR) is 60.4 cm³/mol. The fourth-order valence-corrected chi connectivity index (χ4v) is 2.42. The lowest BCUT2D eigenvalue weighted by Gasteiger charge is -2.29. The van der Waals surface area contributed by atoms with E-state index in [1.165, 1.54) is 32.1 Å². The molecule has 0 radical (unpaired) electrons. The number of hydrogen-bond acceptors (Lipinski definition) is 2. The average Bonchev–Trinajstić information content (AvgIpc) is 2.26. The molecule has 1 atom stereocenters. The minimum atomic E-state index is 0.489. The van der Waals surface area contributed by atoms with Crippen molar-refractivity contribution in [2.75, 3.05) is 0 Å². The summed E-state index contributed by atoms with van der Waals surface area (Å²) in [5.74, 6) is 9.05. The molecule has 0 saturated heterocycles. The van der Waals surface area contributed by atoms with Crippen LogP contribution >= 0.6 is 0 Å². The van der Waals surface area contributed by atoms with Gasteiger partial charge in [0.15, 0.2) is 0 Å². The van der Waals surface area contributed by atoms with Crippen LogP contribution in [0.25, 0.3) is 0 Å². The highest BCUT2D eigenvalue weighted by atomic mass is 15.2. The van der Waals surface area contributed by atoms with Crippen molar-refractivity contribution < 1.29 is 0 Å². The van der Waals surface area contributed by atoms with E-state index < -0.39 is 0 Å². The summed E-state index contributed by atoms with van der Waals surface area (Å²) in [5, 5.41) is 0. The number of nitrogens with two attached hydrogens (primary N) is 1. The number of hydrazine groups is 1. The molecule has 0 heterocycles. The summed E-state index contributed by atoms with van der Waals surface area (Å²) < 4.78 is 0. The quantitative estimate of drug-likeness (QED) is 0.305. The van der Waals surface area contributed by atoms with Crippen molar-refractivity contribution in [3.05, 3.63) is 0 Å². The molecule has 14 heavy (non-hydrogen) atoms. The van der Waals surface area contributed by atoms with Gasteiger partial charge >= 0.3 is 0 Å². The van der Waals surface area contributed by atoms with Gasteiger partial charge in [-0.2, -0.15) is 0 Å². The van der Waals surface area contributed by atoms with Crippen LogP contribution in [0.1, 0.15) is 51.4 Å². The SMILES string of the molecule is C#CCCCC(NN)C1CCCCC1. The highest BCUT2D eigenvalue weighted by Gasteiger charge is 2.21. The molecule has 1 unspecified atom stereocenters. The zero-order valence-corrected chi connectivity index (χ0v) is 8.97. The van der Waals surface area contributed by atoms with Crippen molar-refractivity contribution in [3.8, 4) is 12.3 Å². The van der Waals surface area contributed by atoms with E-state index in [-0.39, 0.29) is 0 Å². The zero-order chi connectivity index (χ0) is 10.2. The Balaban J connectivity index is 2.25. The monoisotopic (exact) mass is 194 g/mol. The normalized spacial score (nSPS) is 20.3. The van der Waals surface area contributed by atoms with Gasteiger partial charge in [-0.15, -0.1) is 12.3 Å². The Morgan fingerprint density at radius 2 is 2.07 bits per heavy atom. The van der Waals surface area contributed by atoms with Crippen molar-refractivity contribution in [1.29, 1.82) is 0 Å². The second-order valence-corrected chi connectivity index (χ2v) is 4.27. The van der Waals surface area contributed by atoms with Crippen LogP contribution in [-0.4, -0.2) is 6.04 Å². The van der Waals surface area contributed by atoms with E-state index >= 15 is 0 Å². The Bertz CT molecular complexity index is 177. The van der Waals surface area contributed by atoms with Gasteiger partial charge in [0.1, 0.15) is 0 Å². The highest BCUT2D eigenvalue weighted by Crippen LogP contribution is 2.28. The number of hydrogen-bond donors (Lipinski definition) is 2. The molecule has 0 aromatic heterocycles. The van der Waals surface area contributed by atoms with Gasteiger partial charge in [-0.25, -0.2) is 0 Å². The molecule has 0 spiro atoms. The fraction of sp³-hybridized carbons (Fsp3) is 0.833. The highest BCUT2D eigenvalue weighted by molar-refractivity contribution is 4.85. The van der Waals surface area contributed by atoms with E-state index in [4.69, 9.17) is 12.3 Å². The van der Waals surface area contributed by atoms with Gasteiger partial charge in [-0.05, 0) is 31.6 Å². The Hall–Kier alpha value is -0.520. The molecule has 1 saturated carbocycles. The van der Waals surface area contributed by atoms with E-state index in [0.717, 1.165) is 25.2 Å². The average molecular weight is 194 g/mol. The third-order valence-electron chi connectivity index (χ3n) is 3.27. The van der Waals surface area contributed by atoms with Gasteiger partial charge in [-0.1, -0.05) is 19.3 Å². The number of unbranched alkanes of at least 4 members (excludes halogenated alkanes) is 1. The summed E-state index contributed by atoms with van der Waals surface area (Å²) >= 11 is 0. The smallest absolute Gasteiger partial charge is 0.0239 e. The summed E-state index contributed by atoms with van der Waals surface area (Å²) in [5.41, 5.74) is 2.96. The van der Waals surface area contributed by atoms with Crippen molar-refractivity contribution in [1.82, 2.24) is 5.43 Å². The molecule has 2 heteroatoms. The van der Waals surface area contributed by atoms with Crippen LogP contribution in [0.4, 0.5) is 0 Å². The first-order valence-corrected chi connectivity index (χ1v) is 5.78. The van der Waals surface area contributed by atoms with Crippen molar-refractivity contribution in [3.63, 3.8) is 0 Å². The molecule has 80 valence electrons. The fourth-order valence-electron chi connectivity index (χ4n) is 2.42. The number of terminal acetylenes is 1. The zero-order valence-electron chi connectivity index (χ0n) is 8.97. The largest absolute Gasteiger partial charge is 0.271 e. The molecule has 1 fully saturated rings. The summed E-state index contributed by atoms with van der Waals surface area (Å²) in [6, 6.07) is 0.489. The van der Waals surface area contributed by atoms with Gasteiger partial charge in [0.05, 0.1) is 0 Å². The molecular weight excluding hydrogens is 172 g/mol. The van der Waals surface area contributed by atoms with Gasteiger partial charge in [0.2, 0.25) is 0 Å². The first-order chi connectivity index (χ1) is 6.88. The maximum atomic E-state index is 5.58. The molecular formula is C12H22N2. The maximum absolute atomic E-state index is 5.58. The number of nitrogens with one attached hydrogen (secondary N) is 1. The molecule has 0 aliphatic heterocycles. The summed E-state index contributed by atoms with van der Waals surface area (Å²) in [6.45, 7) is 0. The molecule has 0 aromatic carbocycles. The summed E-state index contributed by atoms with van der Waals surface area (Å²) in [4.78, 5) is 0. The van der Waals surface area contributed by atoms with Crippen LogP contribution in [0.2, 0.25) is 0 Å². The third-order valence-corrected chi connectivity index (χ3v) is 3.27. The number of rotatable bonds is 5. The van der Waals surface area contributed by atoms with Gasteiger partial charge in [-0.3, -0.25) is 11.3 Å². The second kappa shape index (κ2) is 6.86. The third kappa shape index (κ3) is 3.69. The lowest BCUT2D eigenvalue weighted by atomic mass is 9.82. The van der Waals surface area contributed by atoms with Crippen LogP contribution in [0.3, 0.4) is 0 Å². The Labute approximate surface area is 87.6 Å². The summed E-state index contributed by atoms with van der Waals surface area (Å²) in [7, 11) is 0. The molecule has 0 aromatic rings. The lowest BCUT2D eigenvalue weighted by Crippen LogP contribution is -2.41. The Morgan fingerprint density at radius 3 is 2.64 bits per heavy atom. The molecule has 0 amide bonds. The van der Waals surface area contributed by atoms with Crippen LogP contribution in [-0.2, 0) is 0 Å². The minimum absolute atomic E-state index is 0.489. The molecule has 2 nitrogen and oxygen atoms in total. The topological polar surface area (TPSA) is 38.0 Å². The van der Waals surface area contributed by atoms with Crippen LogP contribution < -0.4 is 11.3 Å². The van der Waals surface area contributed by atoms with Crippen molar-refractivity contribution >= 4 is 0 Å². The minimum Gasteiger partial charge on any atom is -0.271 e. The van der Waals surface area contributed by atoms with Crippen LogP contribution in [0.15, 0.2) is 0 Å². The lowest BCUT2D eigenvalue weighted by molar-refractivity contribution is 0.257. The van der Waals surface area contributed by atoms with Crippen molar-refractivity contribution in [2.24, 2.45) is 11.8 Å². The molecule has 3 N–H and O–H groups in total. The van der Waals surface area contributed by atoms with Crippen molar-refractivity contribution in [2.45, 2.75) is 57.4 Å². The maximum Gasteiger partial charge on any atom is 0.0239 e. The van der Waals surface area contributed by atoms with Crippen LogP contribution in [0, 0.1) is 18.3 Å².